The molecule has 5 nitrogen and oxygen atoms in total. The van der Waals surface area contributed by atoms with Crippen molar-refractivity contribution in [2.24, 2.45) is 5.92 Å². The van der Waals surface area contributed by atoms with Crippen molar-refractivity contribution in [1.29, 1.82) is 0 Å². The molecule has 1 aromatic rings. The van der Waals surface area contributed by atoms with E-state index < -0.39 is 12.1 Å². The molecule has 3 N–H and O–H groups in total. The number of para-hydroxylation sites is 1. The molecule has 0 radical (unpaired) electrons. The lowest BCUT2D eigenvalue weighted by Crippen LogP contribution is -2.37. The van der Waals surface area contributed by atoms with Gasteiger partial charge < -0.3 is 15.8 Å². The summed E-state index contributed by atoms with van der Waals surface area (Å²) in [4.78, 5) is 23.7. The number of nitrogens with one attached hydrogen (secondary N) is 1. The average Bonchev–Trinajstić information content (AvgIpc) is 2.38. The Bertz CT molecular complexity index is 498. The molecule has 0 unspecified atom stereocenters. The molecule has 0 bridgehead atoms. The number of carbonyl (C=O) groups excluding carboxylic acids is 2. The van der Waals surface area contributed by atoms with Crippen LogP contribution in [0.3, 0.4) is 0 Å². The van der Waals surface area contributed by atoms with Crippen LogP contribution in [0, 0.1) is 12.8 Å². The number of ether oxygens (including phenoxy) is 1. The molecule has 5 heteroatoms. The molecule has 0 aliphatic heterocycles. The van der Waals surface area contributed by atoms with Crippen LogP contribution < -0.4 is 11.1 Å². The van der Waals surface area contributed by atoms with E-state index in [9.17, 15) is 9.59 Å². The third-order valence-electron chi connectivity index (χ3n) is 2.88. The Balaban J connectivity index is 2.66. The lowest BCUT2D eigenvalue weighted by atomic mass is 10.1. The van der Waals surface area contributed by atoms with E-state index >= 15 is 0 Å². The summed E-state index contributed by atoms with van der Waals surface area (Å²) in [5, 5.41) is 2.72. The molecule has 110 valence electrons. The van der Waals surface area contributed by atoms with E-state index in [4.69, 9.17) is 10.5 Å². The molecule has 1 aromatic carbocycles. The molecule has 0 aromatic heterocycles. The monoisotopic (exact) mass is 278 g/mol. The summed E-state index contributed by atoms with van der Waals surface area (Å²) in [5.74, 6) is -0.550. The summed E-state index contributed by atoms with van der Waals surface area (Å²) in [6.07, 6.45) is -0.846. The van der Waals surface area contributed by atoms with Crippen molar-refractivity contribution in [3.05, 3.63) is 29.3 Å². The van der Waals surface area contributed by atoms with Crippen LogP contribution in [0.25, 0.3) is 0 Å². The molecule has 0 spiro atoms. The molecule has 0 saturated heterocycles. The number of anilines is 1. The van der Waals surface area contributed by atoms with Gasteiger partial charge in [0.05, 0.1) is 5.56 Å². The van der Waals surface area contributed by atoms with Gasteiger partial charge in [-0.2, -0.15) is 0 Å². The van der Waals surface area contributed by atoms with Gasteiger partial charge in [0.15, 0.2) is 6.10 Å². The van der Waals surface area contributed by atoms with Crippen LogP contribution in [0.4, 0.5) is 5.69 Å². The topological polar surface area (TPSA) is 81.4 Å². The molecule has 0 fully saturated rings. The summed E-state index contributed by atoms with van der Waals surface area (Å²) < 4.78 is 5.14. The van der Waals surface area contributed by atoms with E-state index in [2.05, 4.69) is 5.32 Å². The number of esters is 1. The maximum atomic E-state index is 12.0. The van der Waals surface area contributed by atoms with Crippen molar-refractivity contribution < 1.29 is 14.3 Å². The fourth-order valence-corrected chi connectivity index (χ4v) is 1.58. The van der Waals surface area contributed by atoms with Crippen LogP contribution in [0.1, 0.15) is 36.7 Å². The Morgan fingerprint density at radius 1 is 1.30 bits per heavy atom. The molecular formula is C15H22N2O3. The van der Waals surface area contributed by atoms with Gasteiger partial charge >= 0.3 is 5.97 Å². The second-order valence-corrected chi connectivity index (χ2v) is 5.22. The minimum atomic E-state index is -0.846. The van der Waals surface area contributed by atoms with Gasteiger partial charge in [-0.25, -0.2) is 4.79 Å². The van der Waals surface area contributed by atoms with E-state index in [0.717, 1.165) is 5.56 Å². The van der Waals surface area contributed by atoms with E-state index in [1.165, 1.54) is 0 Å². The molecular weight excluding hydrogens is 256 g/mol. The Labute approximate surface area is 119 Å². The first-order chi connectivity index (χ1) is 9.32. The SMILES string of the molecule is Cc1cccc(C(=O)O[C@H](C)C(=O)NCC(C)C)c1N. The first-order valence-corrected chi connectivity index (χ1v) is 6.66. The smallest absolute Gasteiger partial charge is 0.341 e. The highest BCUT2D eigenvalue weighted by Crippen LogP contribution is 2.17. The Hall–Kier alpha value is -2.04. The summed E-state index contributed by atoms with van der Waals surface area (Å²) in [6, 6.07) is 5.13. The van der Waals surface area contributed by atoms with Crippen LogP contribution in [0.2, 0.25) is 0 Å². The van der Waals surface area contributed by atoms with Crippen molar-refractivity contribution in [1.82, 2.24) is 5.32 Å². The summed E-state index contributed by atoms with van der Waals surface area (Å²) in [7, 11) is 0. The van der Waals surface area contributed by atoms with Crippen molar-refractivity contribution in [3.8, 4) is 0 Å². The van der Waals surface area contributed by atoms with E-state index in [1.54, 1.807) is 19.1 Å². The Morgan fingerprint density at radius 2 is 1.95 bits per heavy atom. The minimum absolute atomic E-state index is 0.286. The highest BCUT2D eigenvalue weighted by atomic mass is 16.5. The zero-order chi connectivity index (χ0) is 15.3. The third kappa shape index (κ3) is 4.26. The van der Waals surface area contributed by atoms with Gasteiger partial charge in [0.2, 0.25) is 0 Å². The van der Waals surface area contributed by atoms with Crippen LogP contribution in [0.15, 0.2) is 18.2 Å². The molecule has 0 heterocycles. The van der Waals surface area contributed by atoms with Crippen molar-refractivity contribution in [2.75, 3.05) is 12.3 Å². The quantitative estimate of drug-likeness (QED) is 0.636. The van der Waals surface area contributed by atoms with Gasteiger partial charge in [-0.15, -0.1) is 0 Å². The molecule has 0 saturated carbocycles. The van der Waals surface area contributed by atoms with Crippen molar-refractivity contribution >= 4 is 17.6 Å². The number of amides is 1. The van der Waals surface area contributed by atoms with Gasteiger partial charge in [0, 0.05) is 12.2 Å². The van der Waals surface area contributed by atoms with Crippen molar-refractivity contribution in [2.45, 2.75) is 33.8 Å². The van der Waals surface area contributed by atoms with Gasteiger partial charge in [-0.05, 0) is 31.4 Å². The normalized spacial score (nSPS) is 12.1. The van der Waals surface area contributed by atoms with E-state index in [1.807, 2.05) is 26.8 Å². The zero-order valence-corrected chi connectivity index (χ0v) is 12.4. The maximum Gasteiger partial charge on any atom is 0.341 e. The van der Waals surface area contributed by atoms with Gasteiger partial charge in [0.1, 0.15) is 0 Å². The Morgan fingerprint density at radius 3 is 2.55 bits per heavy atom. The number of hydrogen-bond acceptors (Lipinski definition) is 4. The third-order valence-corrected chi connectivity index (χ3v) is 2.88. The molecule has 20 heavy (non-hydrogen) atoms. The number of aryl methyl sites for hydroxylation is 1. The largest absolute Gasteiger partial charge is 0.449 e. The number of nitrogen functional groups attached to an aromatic ring is 1. The summed E-state index contributed by atoms with van der Waals surface area (Å²) in [5.41, 5.74) is 7.30. The molecule has 1 rings (SSSR count). The van der Waals surface area contributed by atoms with Gasteiger partial charge in [0.25, 0.3) is 5.91 Å². The zero-order valence-electron chi connectivity index (χ0n) is 12.4. The summed E-state index contributed by atoms with van der Waals surface area (Å²) >= 11 is 0. The molecule has 0 aliphatic carbocycles. The van der Waals surface area contributed by atoms with Crippen LogP contribution >= 0.6 is 0 Å². The lowest BCUT2D eigenvalue weighted by Gasteiger charge is -2.15. The second-order valence-electron chi connectivity index (χ2n) is 5.22. The first-order valence-electron chi connectivity index (χ1n) is 6.66. The first kappa shape index (κ1) is 16.0. The number of benzene rings is 1. The van der Waals surface area contributed by atoms with Crippen LogP contribution in [0.5, 0.6) is 0 Å². The number of rotatable bonds is 5. The number of hydrogen-bond donors (Lipinski definition) is 2. The minimum Gasteiger partial charge on any atom is -0.449 e. The molecule has 1 amide bonds. The Kier molecular flexibility index (Phi) is 5.55. The maximum absolute atomic E-state index is 12.0. The standard InChI is InChI=1S/C15H22N2O3/c1-9(2)8-17-14(18)11(4)20-15(19)12-7-5-6-10(3)13(12)16/h5-7,9,11H,8,16H2,1-4H3,(H,17,18)/t11-/m1/s1. The predicted octanol–water partition coefficient (Wildman–Crippen LogP) is 1.89. The van der Waals surface area contributed by atoms with Crippen LogP contribution in [-0.2, 0) is 9.53 Å². The van der Waals surface area contributed by atoms with E-state index in [0.29, 0.717) is 18.2 Å². The van der Waals surface area contributed by atoms with Gasteiger partial charge in [-0.3, -0.25) is 4.79 Å². The predicted molar refractivity (Wildman–Crippen MR) is 78.3 cm³/mol. The second kappa shape index (κ2) is 6.93. The van der Waals surface area contributed by atoms with Gasteiger partial charge in [-0.1, -0.05) is 26.0 Å². The van der Waals surface area contributed by atoms with Crippen molar-refractivity contribution in [3.63, 3.8) is 0 Å². The highest BCUT2D eigenvalue weighted by Gasteiger charge is 2.20. The summed E-state index contributed by atoms with van der Waals surface area (Å²) in [6.45, 7) is 7.88. The molecule has 1 atom stereocenters. The average molecular weight is 278 g/mol. The fourth-order valence-electron chi connectivity index (χ4n) is 1.58. The fraction of sp³-hybridized carbons (Fsp3) is 0.467. The molecule has 0 aliphatic rings. The van der Waals surface area contributed by atoms with Crippen LogP contribution in [-0.4, -0.2) is 24.5 Å². The number of nitrogens with two attached hydrogens (primary N) is 1. The van der Waals surface area contributed by atoms with E-state index in [-0.39, 0.29) is 11.5 Å². The number of carbonyl (C=O) groups is 2. The lowest BCUT2D eigenvalue weighted by molar-refractivity contribution is -0.129. The highest BCUT2D eigenvalue weighted by molar-refractivity contribution is 5.97.